The zero-order chi connectivity index (χ0) is 16.2. The summed E-state index contributed by atoms with van der Waals surface area (Å²) in [5, 5.41) is 12.7. The second-order valence-corrected chi connectivity index (χ2v) is 6.91. The third kappa shape index (κ3) is 4.73. The van der Waals surface area contributed by atoms with Crippen LogP contribution in [0.3, 0.4) is 0 Å². The normalized spacial score (nSPS) is 22.2. The Hall–Kier alpha value is -1.55. The average molecular weight is 305 g/mol. The SMILES string of the molecule is COc1cccc(CC(C)(C)NC(=O)C2CCC(O)CC2)c1. The Morgan fingerprint density at radius 1 is 1.32 bits per heavy atom. The summed E-state index contributed by atoms with van der Waals surface area (Å²) in [6.45, 7) is 4.09. The summed E-state index contributed by atoms with van der Waals surface area (Å²) < 4.78 is 5.24. The van der Waals surface area contributed by atoms with Gasteiger partial charge in [0, 0.05) is 11.5 Å². The van der Waals surface area contributed by atoms with E-state index in [9.17, 15) is 9.90 Å². The Morgan fingerprint density at radius 3 is 2.64 bits per heavy atom. The van der Waals surface area contributed by atoms with Crippen LogP contribution in [0.4, 0.5) is 0 Å². The Bertz CT molecular complexity index is 505. The van der Waals surface area contributed by atoms with E-state index < -0.39 is 0 Å². The molecule has 0 spiro atoms. The molecule has 1 aromatic rings. The number of hydrogen-bond acceptors (Lipinski definition) is 3. The molecule has 1 fully saturated rings. The number of methoxy groups -OCH3 is 1. The van der Waals surface area contributed by atoms with Crippen LogP contribution in [0.15, 0.2) is 24.3 Å². The molecule has 0 aliphatic heterocycles. The van der Waals surface area contributed by atoms with Crippen LogP contribution in [0.25, 0.3) is 0 Å². The Morgan fingerprint density at radius 2 is 2.00 bits per heavy atom. The molecule has 1 saturated carbocycles. The summed E-state index contributed by atoms with van der Waals surface area (Å²) in [4.78, 5) is 12.4. The number of rotatable bonds is 5. The van der Waals surface area contributed by atoms with Crippen molar-refractivity contribution in [1.82, 2.24) is 5.32 Å². The van der Waals surface area contributed by atoms with E-state index >= 15 is 0 Å². The fourth-order valence-corrected chi connectivity index (χ4v) is 3.11. The highest BCUT2D eigenvalue weighted by Crippen LogP contribution is 2.25. The number of ether oxygens (including phenoxy) is 1. The van der Waals surface area contributed by atoms with Gasteiger partial charge in [0.05, 0.1) is 13.2 Å². The van der Waals surface area contributed by atoms with Crippen LogP contribution in [-0.4, -0.2) is 29.8 Å². The van der Waals surface area contributed by atoms with Gasteiger partial charge in [0.25, 0.3) is 0 Å². The standard InChI is InChI=1S/C18H27NO3/c1-18(2,12-13-5-4-6-16(11-13)22-3)19-17(21)14-7-9-15(20)10-8-14/h4-6,11,14-15,20H,7-10,12H2,1-3H3,(H,19,21). The Labute approximate surface area is 132 Å². The molecule has 0 bridgehead atoms. The maximum Gasteiger partial charge on any atom is 0.223 e. The maximum atomic E-state index is 12.4. The number of nitrogens with one attached hydrogen (secondary N) is 1. The van der Waals surface area contributed by atoms with E-state index in [-0.39, 0.29) is 23.5 Å². The molecule has 4 heteroatoms. The van der Waals surface area contributed by atoms with Gasteiger partial charge in [0.1, 0.15) is 5.75 Å². The minimum Gasteiger partial charge on any atom is -0.497 e. The topological polar surface area (TPSA) is 58.6 Å². The first-order chi connectivity index (χ1) is 10.4. The molecule has 0 unspecified atom stereocenters. The molecule has 1 amide bonds. The Balaban J connectivity index is 1.93. The minimum atomic E-state index is -0.306. The predicted octanol–water partition coefficient (Wildman–Crippen LogP) is 2.68. The lowest BCUT2D eigenvalue weighted by Gasteiger charge is -2.31. The van der Waals surface area contributed by atoms with E-state index in [0.717, 1.165) is 43.4 Å². The number of carbonyl (C=O) groups is 1. The van der Waals surface area contributed by atoms with Crippen LogP contribution in [0.1, 0.15) is 45.1 Å². The lowest BCUT2D eigenvalue weighted by Crippen LogP contribution is -2.48. The van der Waals surface area contributed by atoms with Crippen molar-refractivity contribution in [3.63, 3.8) is 0 Å². The largest absolute Gasteiger partial charge is 0.497 e. The highest BCUT2D eigenvalue weighted by molar-refractivity contribution is 5.79. The molecule has 122 valence electrons. The predicted molar refractivity (Wildman–Crippen MR) is 86.9 cm³/mol. The summed E-state index contributed by atoms with van der Waals surface area (Å²) in [6.07, 6.45) is 3.55. The molecule has 0 heterocycles. The number of benzene rings is 1. The fraction of sp³-hybridized carbons (Fsp3) is 0.611. The molecule has 1 aromatic carbocycles. The molecule has 1 aliphatic carbocycles. The lowest BCUT2D eigenvalue weighted by molar-refractivity contribution is -0.128. The summed E-state index contributed by atoms with van der Waals surface area (Å²) >= 11 is 0. The third-order valence-electron chi connectivity index (χ3n) is 4.31. The summed E-state index contributed by atoms with van der Waals surface area (Å²) in [5.41, 5.74) is 0.836. The number of carbonyl (C=O) groups excluding carboxylic acids is 1. The van der Waals surface area contributed by atoms with Crippen LogP contribution in [0.5, 0.6) is 5.75 Å². The van der Waals surface area contributed by atoms with Crippen LogP contribution in [0, 0.1) is 5.92 Å². The minimum absolute atomic E-state index is 0.0352. The van der Waals surface area contributed by atoms with E-state index in [1.807, 2.05) is 38.1 Å². The summed E-state index contributed by atoms with van der Waals surface area (Å²) in [6, 6.07) is 7.94. The highest BCUT2D eigenvalue weighted by atomic mass is 16.5. The summed E-state index contributed by atoms with van der Waals surface area (Å²) in [7, 11) is 1.66. The van der Waals surface area contributed by atoms with Crippen molar-refractivity contribution in [3.05, 3.63) is 29.8 Å². The molecule has 0 radical (unpaired) electrons. The molecule has 0 aromatic heterocycles. The van der Waals surface area contributed by atoms with Gasteiger partial charge in [-0.15, -0.1) is 0 Å². The molecule has 2 N–H and O–H groups in total. The van der Waals surface area contributed by atoms with Crippen molar-refractivity contribution in [3.8, 4) is 5.75 Å². The molecule has 0 saturated heterocycles. The average Bonchev–Trinajstić information content (AvgIpc) is 2.47. The van der Waals surface area contributed by atoms with Gasteiger partial charge >= 0.3 is 0 Å². The Kier molecular flexibility index (Phi) is 5.46. The number of aliphatic hydroxyl groups excluding tert-OH is 1. The molecule has 2 rings (SSSR count). The van der Waals surface area contributed by atoms with Gasteiger partial charge in [-0.25, -0.2) is 0 Å². The monoisotopic (exact) mass is 305 g/mol. The smallest absolute Gasteiger partial charge is 0.223 e. The fourth-order valence-electron chi connectivity index (χ4n) is 3.11. The van der Waals surface area contributed by atoms with Crippen molar-refractivity contribution in [2.24, 2.45) is 5.92 Å². The highest BCUT2D eigenvalue weighted by Gasteiger charge is 2.29. The first-order valence-electron chi connectivity index (χ1n) is 8.02. The lowest BCUT2D eigenvalue weighted by atomic mass is 9.85. The van der Waals surface area contributed by atoms with Gasteiger partial charge in [-0.2, -0.15) is 0 Å². The van der Waals surface area contributed by atoms with Gasteiger partial charge in [-0.1, -0.05) is 12.1 Å². The second kappa shape index (κ2) is 7.14. The molecular weight excluding hydrogens is 278 g/mol. The molecule has 22 heavy (non-hydrogen) atoms. The zero-order valence-electron chi connectivity index (χ0n) is 13.8. The van der Waals surface area contributed by atoms with Gasteiger partial charge in [-0.05, 0) is 63.6 Å². The van der Waals surface area contributed by atoms with E-state index in [0.29, 0.717) is 0 Å². The van der Waals surface area contributed by atoms with E-state index in [1.54, 1.807) is 7.11 Å². The van der Waals surface area contributed by atoms with Crippen LogP contribution >= 0.6 is 0 Å². The van der Waals surface area contributed by atoms with Gasteiger partial charge in [0.15, 0.2) is 0 Å². The summed E-state index contributed by atoms with van der Waals surface area (Å²) in [5.74, 6) is 0.980. The zero-order valence-corrected chi connectivity index (χ0v) is 13.8. The first kappa shape index (κ1) is 16.8. The quantitative estimate of drug-likeness (QED) is 0.879. The van der Waals surface area contributed by atoms with Crippen LogP contribution in [0.2, 0.25) is 0 Å². The van der Waals surface area contributed by atoms with E-state index in [4.69, 9.17) is 4.74 Å². The van der Waals surface area contributed by atoms with Gasteiger partial charge in [-0.3, -0.25) is 4.79 Å². The number of hydrogen-bond donors (Lipinski definition) is 2. The molecule has 4 nitrogen and oxygen atoms in total. The molecular formula is C18H27NO3. The maximum absolute atomic E-state index is 12.4. The van der Waals surface area contributed by atoms with Gasteiger partial charge in [0.2, 0.25) is 5.91 Å². The van der Waals surface area contributed by atoms with E-state index in [1.165, 1.54) is 0 Å². The third-order valence-corrected chi connectivity index (χ3v) is 4.31. The van der Waals surface area contributed by atoms with E-state index in [2.05, 4.69) is 5.32 Å². The second-order valence-electron chi connectivity index (χ2n) is 6.91. The molecule has 1 aliphatic rings. The number of aliphatic hydroxyl groups is 1. The van der Waals surface area contributed by atoms with Crippen molar-refractivity contribution >= 4 is 5.91 Å². The van der Waals surface area contributed by atoms with Crippen LogP contribution in [-0.2, 0) is 11.2 Å². The first-order valence-corrected chi connectivity index (χ1v) is 8.02. The van der Waals surface area contributed by atoms with Crippen molar-refractivity contribution in [1.29, 1.82) is 0 Å². The van der Waals surface area contributed by atoms with Crippen molar-refractivity contribution < 1.29 is 14.6 Å². The van der Waals surface area contributed by atoms with Gasteiger partial charge < -0.3 is 15.2 Å². The number of amides is 1. The van der Waals surface area contributed by atoms with Crippen molar-refractivity contribution in [2.75, 3.05) is 7.11 Å². The van der Waals surface area contributed by atoms with Crippen molar-refractivity contribution in [2.45, 2.75) is 57.6 Å². The van der Waals surface area contributed by atoms with Crippen LogP contribution < -0.4 is 10.1 Å². The molecule has 0 atom stereocenters.